The van der Waals surface area contributed by atoms with Crippen LogP contribution in [0.2, 0.25) is 10.0 Å². The molecule has 5 rings (SSSR count). The molecule has 0 aliphatic carbocycles. The molecule has 1 aromatic heterocycles. The van der Waals surface area contributed by atoms with Crippen LogP contribution in [0.5, 0.6) is 0 Å². The van der Waals surface area contributed by atoms with E-state index in [9.17, 15) is 4.79 Å². The Bertz CT molecular complexity index is 1370. The van der Waals surface area contributed by atoms with E-state index < -0.39 is 0 Å². The highest BCUT2D eigenvalue weighted by Crippen LogP contribution is 2.33. The summed E-state index contributed by atoms with van der Waals surface area (Å²) in [7, 11) is 0. The van der Waals surface area contributed by atoms with E-state index in [-0.39, 0.29) is 5.91 Å². The smallest absolute Gasteiger partial charge is 0.221 e. The van der Waals surface area contributed by atoms with Crippen molar-refractivity contribution < 1.29 is 4.79 Å². The van der Waals surface area contributed by atoms with Crippen molar-refractivity contribution in [2.75, 3.05) is 25.0 Å². The fourth-order valence-electron chi connectivity index (χ4n) is 5.19. The van der Waals surface area contributed by atoms with Crippen LogP contribution >= 0.6 is 23.2 Å². The van der Waals surface area contributed by atoms with E-state index in [0.29, 0.717) is 16.0 Å². The van der Waals surface area contributed by atoms with E-state index in [2.05, 4.69) is 39.0 Å². The lowest BCUT2D eigenvalue weighted by atomic mass is 9.89. The molecule has 0 spiro atoms. The monoisotopic (exact) mass is 520 g/mol. The molecule has 1 aliphatic heterocycles. The number of aryl methyl sites for hydroxylation is 1. The summed E-state index contributed by atoms with van der Waals surface area (Å²) in [6.45, 7) is 5.61. The topological polar surface area (TPSA) is 50.2 Å². The number of rotatable bonds is 7. The van der Waals surface area contributed by atoms with Crippen LogP contribution in [0.4, 0.5) is 5.69 Å². The van der Waals surface area contributed by atoms with E-state index in [0.717, 1.165) is 73.6 Å². The Hall–Kier alpha value is -2.86. The van der Waals surface area contributed by atoms with Gasteiger partial charge in [0.25, 0.3) is 0 Å². The number of aromatic nitrogens is 2. The number of hydrogen-bond acceptors (Lipinski definition) is 3. The van der Waals surface area contributed by atoms with Gasteiger partial charge >= 0.3 is 0 Å². The Labute approximate surface area is 222 Å². The summed E-state index contributed by atoms with van der Waals surface area (Å²) in [6.07, 6.45) is 3.29. The summed E-state index contributed by atoms with van der Waals surface area (Å²) in [5, 5.41) is 4.13. The maximum Gasteiger partial charge on any atom is 0.221 e. The van der Waals surface area contributed by atoms with Gasteiger partial charge in [-0.3, -0.25) is 4.79 Å². The summed E-state index contributed by atoms with van der Waals surface area (Å²) in [6, 6.07) is 22.1. The number of para-hydroxylation sites is 2. The molecule has 4 aromatic rings. The first kappa shape index (κ1) is 24.8. The molecule has 0 radical (unpaired) electrons. The molecule has 36 heavy (non-hydrogen) atoms. The number of piperidine rings is 1. The Balaban J connectivity index is 1.23. The van der Waals surface area contributed by atoms with Crippen molar-refractivity contribution in [1.29, 1.82) is 0 Å². The first-order valence-corrected chi connectivity index (χ1v) is 13.2. The average molecular weight is 521 g/mol. The van der Waals surface area contributed by atoms with E-state index in [4.69, 9.17) is 28.2 Å². The third kappa shape index (κ3) is 5.59. The summed E-state index contributed by atoms with van der Waals surface area (Å²) in [4.78, 5) is 18.9. The van der Waals surface area contributed by atoms with Crippen LogP contribution in [0.1, 0.15) is 37.7 Å². The van der Waals surface area contributed by atoms with Crippen molar-refractivity contribution in [2.24, 2.45) is 0 Å². The fourth-order valence-corrected chi connectivity index (χ4v) is 5.69. The molecule has 1 fully saturated rings. The maximum absolute atomic E-state index is 11.4. The Kier molecular flexibility index (Phi) is 7.61. The molecule has 0 saturated carbocycles. The van der Waals surface area contributed by atoms with Gasteiger partial charge in [-0.25, -0.2) is 4.98 Å². The Morgan fingerprint density at radius 3 is 2.58 bits per heavy atom. The SMILES string of the molecule is CC(=O)Nc1cccc(C2CCN(CCCn3c(-c4ccc(Cl)cc4Cl)nc4ccccc43)CC2)c1. The highest BCUT2D eigenvalue weighted by atomic mass is 35.5. The second-order valence-electron chi connectivity index (χ2n) is 9.48. The molecule has 0 bridgehead atoms. The van der Waals surface area contributed by atoms with Crippen molar-refractivity contribution in [2.45, 2.75) is 38.6 Å². The molecular weight excluding hydrogens is 491 g/mol. The Morgan fingerprint density at radius 2 is 1.81 bits per heavy atom. The van der Waals surface area contributed by atoms with Gasteiger partial charge in [0.2, 0.25) is 5.91 Å². The largest absolute Gasteiger partial charge is 0.326 e. The maximum atomic E-state index is 11.4. The van der Waals surface area contributed by atoms with Crippen LogP contribution in [0, 0.1) is 0 Å². The number of anilines is 1. The first-order chi connectivity index (χ1) is 17.5. The minimum atomic E-state index is -0.0332. The molecule has 186 valence electrons. The van der Waals surface area contributed by atoms with Crippen molar-refractivity contribution in [1.82, 2.24) is 14.5 Å². The number of imidazole rings is 1. The molecule has 3 aromatic carbocycles. The minimum Gasteiger partial charge on any atom is -0.326 e. The highest BCUT2D eigenvalue weighted by Gasteiger charge is 2.21. The number of hydrogen-bond donors (Lipinski definition) is 1. The number of fused-ring (bicyclic) bond motifs is 1. The van der Waals surface area contributed by atoms with Gasteiger partial charge in [0, 0.05) is 29.7 Å². The van der Waals surface area contributed by atoms with Gasteiger partial charge < -0.3 is 14.8 Å². The van der Waals surface area contributed by atoms with Crippen molar-refractivity contribution in [3.8, 4) is 11.4 Å². The third-order valence-corrected chi connectivity index (χ3v) is 7.50. The summed E-state index contributed by atoms with van der Waals surface area (Å²) >= 11 is 12.7. The summed E-state index contributed by atoms with van der Waals surface area (Å²) < 4.78 is 2.28. The van der Waals surface area contributed by atoms with Gasteiger partial charge in [-0.15, -0.1) is 0 Å². The molecule has 2 heterocycles. The molecule has 5 nitrogen and oxygen atoms in total. The number of nitrogens with zero attached hydrogens (tertiary/aromatic N) is 3. The zero-order chi connectivity index (χ0) is 25.1. The molecule has 0 unspecified atom stereocenters. The first-order valence-electron chi connectivity index (χ1n) is 12.5. The van der Waals surface area contributed by atoms with Crippen LogP contribution in [-0.4, -0.2) is 40.0 Å². The zero-order valence-electron chi connectivity index (χ0n) is 20.4. The lowest BCUT2D eigenvalue weighted by Gasteiger charge is -2.32. The van der Waals surface area contributed by atoms with Crippen LogP contribution in [0.25, 0.3) is 22.4 Å². The number of amides is 1. The quantitative estimate of drug-likeness (QED) is 0.279. The molecular formula is C29H30Cl2N4O. The van der Waals surface area contributed by atoms with Crippen molar-refractivity contribution in [3.05, 3.63) is 82.3 Å². The van der Waals surface area contributed by atoms with Gasteiger partial charge in [-0.1, -0.05) is 47.5 Å². The molecule has 1 N–H and O–H groups in total. The van der Waals surface area contributed by atoms with Gasteiger partial charge in [-0.05, 0) is 92.8 Å². The highest BCUT2D eigenvalue weighted by molar-refractivity contribution is 6.36. The molecule has 7 heteroatoms. The average Bonchev–Trinajstić information content (AvgIpc) is 3.22. The number of carbonyl (C=O) groups excluding carboxylic acids is 1. The van der Waals surface area contributed by atoms with Crippen molar-refractivity contribution >= 4 is 45.8 Å². The standard InChI is InChI=1S/C29H30Cl2N4O/c1-20(36)32-24-7-4-6-22(18-24)21-12-16-34(17-13-21)14-5-15-35-28-9-3-2-8-27(28)33-29(35)25-11-10-23(30)19-26(25)31/h2-4,6-11,18-19,21H,5,12-17H2,1H3,(H,32,36). The Morgan fingerprint density at radius 1 is 1.00 bits per heavy atom. The summed E-state index contributed by atoms with van der Waals surface area (Å²) in [5.41, 5.74) is 5.19. The number of likely N-dealkylation sites (tertiary alicyclic amines) is 1. The lowest BCUT2D eigenvalue weighted by molar-refractivity contribution is -0.114. The molecule has 0 atom stereocenters. The lowest BCUT2D eigenvalue weighted by Crippen LogP contribution is -2.34. The van der Waals surface area contributed by atoms with E-state index in [1.54, 1.807) is 13.0 Å². The van der Waals surface area contributed by atoms with Gasteiger partial charge in [0.15, 0.2) is 0 Å². The predicted octanol–water partition coefficient (Wildman–Crippen LogP) is 7.24. The second kappa shape index (κ2) is 11.0. The van der Waals surface area contributed by atoms with E-state index in [1.807, 2.05) is 36.4 Å². The normalized spacial score (nSPS) is 14.9. The predicted molar refractivity (Wildman–Crippen MR) is 149 cm³/mol. The third-order valence-electron chi connectivity index (χ3n) is 6.95. The van der Waals surface area contributed by atoms with Crippen molar-refractivity contribution in [3.63, 3.8) is 0 Å². The zero-order valence-corrected chi connectivity index (χ0v) is 21.9. The second-order valence-corrected chi connectivity index (χ2v) is 10.3. The van der Waals surface area contributed by atoms with Gasteiger partial charge in [0.05, 0.1) is 16.1 Å². The number of benzene rings is 3. The number of carbonyl (C=O) groups is 1. The van der Waals surface area contributed by atoms with Crippen LogP contribution in [0.15, 0.2) is 66.7 Å². The molecule has 1 amide bonds. The van der Waals surface area contributed by atoms with Crippen LogP contribution in [0.3, 0.4) is 0 Å². The number of halogens is 2. The van der Waals surface area contributed by atoms with Crippen LogP contribution in [-0.2, 0) is 11.3 Å². The molecule has 1 saturated heterocycles. The fraction of sp³-hybridized carbons (Fsp3) is 0.310. The van der Waals surface area contributed by atoms with Gasteiger partial charge in [0.1, 0.15) is 5.82 Å². The van der Waals surface area contributed by atoms with Gasteiger partial charge in [-0.2, -0.15) is 0 Å². The molecule has 1 aliphatic rings. The van der Waals surface area contributed by atoms with E-state index >= 15 is 0 Å². The minimum absolute atomic E-state index is 0.0332. The summed E-state index contributed by atoms with van der Waals surface area (Å²) in [5.74, 6) is 1.39. The number of nitrogens with one attached hydrogen (secondary N) is 1. The van der Waals surface area contributed by atoms with Crippen LogP contribution < -0.4 is 5.32 Å². The van der Waals surface area contributed by atoms with E-state index in [1.165, 1.54) is 5.56 Å².